The number of nitrogens with one attached hydrogen (secondary N) is 1. The van der Waals surface area contributed by atoms with E-state index in [0.717, 1.165) is 0 Å². The number of aromatic nitrogens is 3. The predicted octanol–water partition coefficient (Wildman–Crippen LogP) is 0.415. The number of nitrogens with two attached hydrogens (primary N) is 1. The second kappa shape index (κ2) is 3.08. The zero-order valence-corrected chi connectivity index (χ0v) is 7.07. The number of hydrogen-bond donors (Lipinski definition) is 2. The highest BCUT2D eigenvalue weighted by molar-refractivity contribution is 5.91. The lowest BCUT2D eigenvalue weighted by atomic mass is 10.2. The highest BCUT2D eigenvalue weighted by atomic mass is 15.0. The van der Waals surface area contributed by atoms with Gasteiger partial charge in [0.05, 0.1) is 10.9 Å². The van der Waals surface area contributed by atoms with Crippen molar-refractivity contribution < 1.29 is 0 Å². The molecular formula is C9H5N5. The van der Waals surface area contributed by atoms with Crippen molar-refractivity contribution in [2.45, 2.75) is 0 Å². The van der Waals surface area contributed by atoms with Crippen molar-refractivity contribution in [2.24, 2.45) is 0 Å². The Morgan fingerprint density at radius 1 is 1.43 bits per heavy atom. The molecule has 2 aromatic rings. The maximum absolute atomic E-state index is 8.31. The van der Waals surface area contributed by atoms with Crippen molar-refractivity contribution >= 4 is 16.9 Å². The van der Waals surface area contributed by atoms with Crippen LogP contribution in [0.5, 0.6) is 0 Å². The number of anilines is 1. The third kappa shape index (κ3) is 1.13. The van der Waals surface area contributed by atoms with Gasteiger partial charge in [0.1, 0.15) is 17.8 Å². The molecule has 0 aliphatic carbocycles. The van der Waals surface area contributed by atoms with Crippen LogP contribution in [-0.4, -0.2) is 15.0 Å². The van der Waals surface area contributed by atoms with E-state index in [1.807, 2.05) is 0 Å². The summed E-state index contributed by atoms with van der Waals surface area (Å²) in [5, 5.41) is 8.97. The van der Waals surface area contributed by atoms with Crippen LogP contribution in [0.3, 0.4) is 0 Å². The monoisotopic (exact) mass is 183 g/mol. The van der Waals surface area contributed by atoms with Crippen LogP contribution >= 0.6 is 0 Å². The summed E-state index contributed by atoms with van der Waals surface area (Å²) in [4.78, 5) is 10.7. The molecule has 3 N–H and O–H groups in total. The van der Waals surface area contributed by atoms with Crippen LogP contribution in [-0.2, 0) is 0 Å². The van der Waals surface area contributed by atoms with Gasteiger partial charge in [-0.3, -0.25) is 0 Å². The molecule has 66 valence electrons. The first kappa shape index (κ1) is 8.09. The lowest BCUT2D eigenvalue weighted by molar-refractivity contribution is 1.21. The van der Waals surface area contributed by atoms with E-state index in [9.17, 15) is 0 Å². The Labute approximate surface area is 79.6 Å². The van der Waals surface area contributed by atoms with Crippen molar-refractivity contribution in [1.82, 2.24) is 15.0 Å². The maximum Gasteiger partial charge on any atom is 0.152 e. The Bertz CT molecular complexity index is 578. The topological polar surface area (TPSA) is 91.4 Å². The first-order chi connectivity index (χ1) is 6.83. The lowest BCUT2D eigenvalue weighted by Gasteiger charge is -1.93. The van der Waals surface area contributed by atoms with Crippen LogP contribution in [0, 0.1) is 23.2 Å². The van der Waals surface area contributed by atoms with Crippen LogP contribution in [0.25, 0.3) is 11.0 Å². The molecule has 0 amide bonds. The Hall–Kier alpha value is -2.53. The lowest BCUT2D eigenvalue weighted by Crippen LogP contribution is -1.92. The van der Waals surface area contributed by atoms with E-state index in [2.05, 4.69) is 26.8 Å². The normalized spacial score (nSPS) is 9.07. The second-order valence-corrected chi connectivity index (χ2v) is 2.55. The summed E-state index contributed by atoms with van der Waals surface area (Å²) >= 11 is 0. The number of nitrogen functional groups attached to an aromatic ring is 1. The summed E-state index contributed by atoms with van der Waals surface area (Å²) in [5.41, 5.74) is 6.91. The number of hydrogen-bond acceptors (Lipinski definition) is 4. The van der Waals surface area contributed by atoms with Crippen molar-refractivity contribution in [2.75, 3.05) is 5.73 Å². The number of aromatic amines is 1. The fourth-order valence-corrected chi connectivity index (χ4v) is 1.18. The molecule has 0 fully saturated rings. The van der Waals surface area contributed by atoms with E-state index in [1.54, 1.807) is 12.3 Å². The first-order valence-corrected chi connectivity index (χ1v) is 3.80. The molecule has 2 heterocycles. The van der Waals surface area contributed by atoms with Crippen molar-refractivity contribution in [3.8, 4) is 17.9 Å². The van der Waals surface area contributed by atoms with Crippen molar-refractivity contribution in [3.63, 3.8) is 0 Å². The van der Waals surface area contributed by atoms with Crippen LogP contribution in [0.15, 0.2) is 12.5 Å². The quantitative estimate of drug-likeness (QED) is 0.579. The maximum atomic E-state index is 8.31. The van der Waals surface area contributed by atoms with E-state index < -0.39 is 0 Å². The molecule has 2 aromatic heterocycles. The van der Waals surface area contributed by atoms with Gasteiger partial charge in [-0.05, 0) is 5.92 Å². The minimum Gasteiger partial charge on any atom is -0.383 e. The smallest absolute Gasteiger partial charge is 0.152 e. The van der Waals surface area contributed by atoms with E-state index >= 15 is 0 Å². The number of rotatable bonds is 0. The molecule has 0 unspecified atom stereocenters. The Balaban J connectivity index is 2.75. The SMILES string of the molecule is N#CC#Cc1c[nH]c2ncnc(N)c12. The second-order valence-electron chi connectivity index (χ2n) is 2.55. The Morgan fingerprint density at radius 2 is 2.29 bits per heavy atom. The Kier molecular flexibility index (Phi) is 1.78. The predicted molar refractivity (Wildman–Crippen MR) is 50.8 cm³/mol. The molecule has 0 bridgehead atoms. The third-order valence-corrected chi connectivity index (χ3v) is 1.75. The fourth-order valence-electron chi connectivity index (χ4n) is 1.18. The average Bonchev–Trinajstić information content (AvgIpc) is 2.59. The molecule has 0 aliphatic heterocycles. The molecule has 0 spiro atoms. The van der Waals surface area contributed by atoms with Gasteiger partial charge in [0, 0.05) is 12.1 Å². The van der Waals surface area contributed by atoms with Gasteiger partial charge in [0.25, 0.3) is 0 Å². The van der Waals surface area contributed by atoms with Crippen LogP contribution in [0.4, 0.5) is 5.82 Å². The number of H-pyrrole nitrogens is 1. The van der Waals surface area contributed by atoms with E-state index in [-0.39, 0.29) is 0 Å². The van der Waals surface area contributed by atoms with Gasteiger partial charge in [-0.1, -0.05) is 0 Å². The molecule has 0 atom stereocenters. The molecule has 5 nitrogen and oxygen atoms in total. The number of nitriles is 1. The van der Waals surface area contributed by atoms with E-state index in [4.69, 9.17) is 11.0 Å². The van der Waals surface area contributed by atoms with Gasteiger partial charge in [0.2, 0.25) is 0 Å². The van der Waals surface area contributed by atoms with Crippen molar-refractivity contribution in [1.29, 1.82) is 5.26 Å². The van der Waals surface area contributed by atoms with E-state index in [1.165, 1.54) is 6.33 Å². The molecule has 0 aromatic carbocycles. The highest BCUT2D eigenvalue weighted by Crippen LogP contribution is 2.19. The summed E-state index contributed by atoms with van der Waals surface area (Å²) in [6, 6.07) is 1.73. The molecule has 5 heteroatoms. The molecule has 0 saturated heterocycles. The standard InChI is InChI=1S/C9H5N5/c10-3-1-2-6-4-12-9-7(6)8(11)13-5-14-9/h4-5H,(H3,11,12,13,14). The minimum atomic E-state index is 0.360. The van der Waals surface area contributed by atoms with Gasteiger partial charge < -0.3 is 10.7 Å². The van der Waals surface area contributed by atoms with Gasteiger partial charge in [-0.25, -0.2) is 9.97 Å². The molecule has 0 radical (unpaired) electrons. The van der Waals surface area contributed by atoms with Gasteiger partial charge >= 0.3 is 0 Å². The largest absolute Gasteiger partial charge is 0.383 e. The van der Waals surface area contributed by atoms with Gasteiger partial charge in [-0.2, -0.15) is 5.26 Å². The number of fused-ring (bicyclic) bond motifs is 1. The molecular weight excluding hydrogens is 178 g/mol. The van der Waals surface area contributed by atoms with Gasteiger partial charge in [-0.15, -0.1) is 0 Å². The van der Waals surface area contributed by atoms with Crippen LogP contribution in [0.2, 0.25) is 0 Å². The van der Waals surface area contributed by atoms with Crippen LogP contribution < -0.4 is 5.73 Å². The third-order valence-electron chi connectivity index (χ3n) is 1.75. The van der Waals surface area contributed by atoms with E-state index in [0.29, 0.717) is 22.4 Å². The number of nitrogens with zero attached hydrogens (tertiary/aromatic N) is 3. The Morgan fingerprint density at radius 3 is 3.07 bits per heavy atom. The van der Waals surface area contributed by atoms with Gasteiger partial charge in [0.15, 0.2) is 6.07 Å². The summed E-state index contributed by atoms with van der Waals surface area (Å²) < 4.78 is 0. The van der Waals surface area contributed by atoms with Crippen molar-refractivity contribution in [3.05, 3.63) is 18.1 Å². The summed E-state index contributed by atoms with van der Waals surface area (Å²) in [6.07, 6.45) is 3.02. The first-order valence-electron chi connectivity index (χ1n) is 3.80. The zero-order valence-electron chi connectivity index (χ0n) is 7.07. The molecule has 2 rings (SSSR count). The molecule has 0 aliphatic rings. The molecule has 0 saturated carbocycles. The zero-order chi connectivity index (χ0) is 9.97. The highest BCUT2D eigenvalue weighted by Gasteiger charge is 2.06. The summed E-state index contributed by atoms with van der Waals surface area (Å²) in [6.45, 7) is 0. The average molecular weight is 183 g/mol. The molecule has 14 heavy (non-hydrogen) atoms. The fraction of sp³-hybridized carbons (Fsp3) is 0. The van der Waals surface area contributed by atoms with Crippen LogP contribution in [0.1, 0.15) is 5.56 Å². The minimum absolute atomic E-state index is 0.360. The summed E-state index contributed by atoms with van der Waals surface area (Å²) in [5.74, 6) is 5.31. The summed E-state index contributed by atoms with van der Waals surface area (Å²) in [7, 11) is 0.